The molecular formula is C28H21N3O5. The molecule has 0 aliphatic rings. The van der Waals surface area contributed by atoms with Crippen molar-refractivity contribution in [1.29, 1.82) is 0 Å². The lowest BCUT2D eigenvalue weighted by atomic mass is 10.0. The highest BCUT2D eigenvalue weighted by atomic mass is 16.4. The fourth-order valence-corrected chi connectivity index (χ4v) is 3.44. The van der Waals surface area contributed by atoms with Crippen molar-refractivity contribution in [3.05, 3.63) is 125 Å². The van der Waals surface area contributed by atoms with E-state index in [0.717, 1.165) is 0 Å². The van der Waals surface area contributed by atoms with Crippen molar-refractivity contribution < 1.29 is 24.3 Å². The number of nitrogens with one attached hydrogen (secondary N) is 3. The predicted molar refractivity (Wildman–Crippen MR) is 137 cm³/mol. The maximum absolute atomic E-state index is 13.1. The molecule has 4 N–H and O–H groups in total. The molecule has 0 saturated carbocycles. The van der Waals surface area contributed by atoms with Gasteiger partial charge in [-0.3, -0.25) is 14.4 Å². The summed E-state index contributed by atoms with van der Waals surface area (Å²) in [5.74, 6) is -2.91. The van der Waals surface area contributed by atoms with Crippen LogP contribution >= 0.6 is 0 Å². The molecule has 4 aromatic rings. The van der Waals surface area contributed by atoms with E-state index in [1.807, 2.05) is 12.1 Å². The molecule has 8 nitrogen and oxygen atoms in total. The second-order valence-electron chi connectivity index (χ2n) is 7.74. The Morgan fingerprint density at radius 3 is 1.33 bits per heavy atom. The highest BCUT2D eigenvalue weighted by Crippen LogP contribution is 2.19. The summed E-state index contributed by atoms with van der Waals surface area (Å²) in [7, 11) is 0. The summed E-state index contributed by atoms with van der Waals surface area (Å²) in [5.41, 5.74) is 1.25. The average Bonchev–Trinajstić information content (AvgIpc) is 2.89. The first kappa shape index (κ1) is 23.9. The van der Waals surface area contributed by atoms with Crippen LogP contribution in [-0.4, -0.2) is 28.8 Å². The molecule has 0 fully saturated rings. The van der Waals surface area contributed by atoms with Crippen LogP contribution < -0.4 is 16.0 Å². The molecule has 8 heteroatoms. The number of hydrogen-bond donors (Lipinski definition) is 4. The van der Waals surface area contributed by atoms with Gasteiger partial charge in [-0.2, -0.15) is 0 Å². The zero-order valence-electron chi connectivity index (χ0n) is 18.9. The van der Waals surface area contributed by atoms with Crippen LogP contribution in [0.3, 0.4) is 0 Å². The van der Waals surface area contributed by atoms with E-state index in [2.05, 4.69) is 16.0 Å². The number of anilines is 3. The molecular weight excluding hydrogens is 458 g/mol. The third kappa shape index (κ3) is 5.81. The highest BCUT2D eigenvalue weighted by molar-refractivity contribution is 6.13. The third-order valence-electron chi connectivity index (χ3n) is 5.19. The van der Waals surface area contributed by atoms with Crippen molar-refractivity contribution in [2.45, 2.75) is 0 Å². The van der Waals surface area contributed by atoms with Crippen LogP contribution in [0.1, 0.15) is 41.4 Å². The van der Waals surface area contributed by atoms with Crippen LogP contribution in [0.15, 0.2) is 103 Å². The molecule has 36 heavy (non-hydrogen) atoms. The van der Waals surface area contributed by atoms with Crippen LogP contribution in [0.4, 0.5) is 17.1 Å². The van der Waals surface area contributed by atoms with Crippen LogP contribution in [-0.2, 0) is 0 Å². The minimum atomic E-state index is -1.20. The van der Waals surface area contributed by atoms with Crippen LogP contribution in [0, 0.1) is 0 Å². The molecule has 0 spiro atoms. The van der Waals surface area contributed by atoms with Gasteiger partial charge in [-0.25, -0.2) is 4.79 Å². The maximum atomic E-state index is 13.1. The second-order valence-corrected chi connectivity index (χ2v) is 7.74. The summed E-state index contributed by atoms with van der Waals surface area (Å²) in [5, 5.41) is 17.4. The summed E-state index contributed by atoms with van der Waals surface area (Å²) >= 11 is 0. The lowest BCUT2D eigenvalue weighted by Crippen LogP contribution is -2.20. The summed E-state index contributed by atoms with van der Waals surface area (Å²) in [6.45, 7) is 0. The van der Waals surface area contributed by atoms with Crippen molar-refractivity contribution in [2.24, 2.45) is 0 Å². The Kier molecular flexibility index (Phi) is 7.17. The number of hydrogen-bond acceptors (Lipinski definition) is 4. The van der Waals surface area contributed by atoms with E-state index in [0.29, 0.717) is 11.4 Å². The minimum absolute atomic E-state index is 0.00844. The fourth-order valence-electron chi connectivity index (χ4n) is 3.44. The summed E-state index contributed by atoms with van der Waals surface area (Å²) in [4.78, 5) is 50.5. The van der Waals surface area contributed by atoms with Gasteiger partial charge in [0.1, 0.15) is 0 Å². The number of carboxylic acid groups (broad SMARTS) is 1. The molecule has 0 aromatic heterocycles. The van der Waals surface area contributed by atoms with Gasteiger partial charge in [0.2, 0.25) is 0 Å². The van der Waals surface area contributed by atoms with E-state index in [9.17, 15) is 24.3 Å². The van der Waals surface area contributed by atoms with Gasteiger partial charge in [-0.05, 0) is 54.6 Å². The second kappa shape index (κ2) is 10.8. The molecule has 0 atom stereocenters. The van der Waals surface area contributed by atoms with Crippen LogP contribution in [0.25, 0.3) is 0 Å². The zero-order valence-corrected chi connectivity index (χ0v) is 18.9. The first-order chi connectivity index (χ1) is 17.4. The SMILES string of the molecule is O=C(Nc1ccccc1)c1cc(C(=O)Nc2ccccc2)cc(C(=O)Nc2ccccc2C(=O)O)c1. The van der Waals surface area contributed by atoms with Crippen molar-refractivity contribution in [1.82, 2.24) is 0 Å². The standard InChI is InChI=1S/C28H21N3O5/c32-25(29-21-9-3-1-4-10-21)18-15-19(26(33)30-22-11-5-2-6-12-22)17-20(16-18)27(34)31-24-14-8-7-13-23(24)28(35)36/h1-17H,(H,29,32)(H,30,33)(H,31,34)(H,35,36). The van der Waals surface area contributed by atoms with E-state index < -0.39 is 23.7 Å². The van der Waals surface area contributed by atoms with Gasteiger partial charge in [-0.1, -0.05) is 48.5 Å². The van der Waals surface area contributed by atoms with Crippen LogP contribution in [0.2, 0.25) is 0 Å². The number of benzene rings is 4. The van der Waals surface area contributed by atoms with E-state index in [4.69, 9.17) is 0 Å². The van der Waals surface area contributed by atoms with Gasteiger partial charge in [0.25, 0.3) is 17.7 Å². The van der Waals surface area contributed by atoms with E-state index in [-0.39, 0.29) is 27.9 Å². The van der Waals surface area contributed by atoms with E-state index >= 15 is 0 Å². The molecule has 0 radical (unpaired) electrons. The molecule has 0 saturated heterocycles. The molecule has 4 rings (SSSR count). The van der Waals surface area contributed by atoms with Gasteiger partial charge in [-0.15, -0.1) is 0 Å². The zero-order chi connectivity index (χ0) is 25.5. The lowest BCUT2D eigenvalue weighted by Gasteiger charge is -2.12. The van der Waals surface area contributed by atoms with Crippen molar-refractivity contribution in [3.8, 4) is 0 Å². The number of carboxylic acids is 1. The fraction of sp³-hybridized carbons (Fsp3) is 0. The summed E-state index contributed by atoms with van der Waals surface area (Å²) in [6.07, 6.45) is 0. The van der Waals surface area contributed by atoms with Crippen molar-refractivity contribution in [3.63, 3.8) is 0 Å². The number of para-hydroxylation sites is 3. The predicted octanol–water partition coefficient (Wildman–Crippen LogP) is 5.14. The highest BCUT2D eigenvalue weighted by Gasteiger charge is 2.19. The Morgan fingerprint density at radius 2 is 0.889 bits per heavy atom. The molecule has 4 aromatic carbocycles. The quantitative estimate of drug-likeness (QED) is 0.292. The number of carbonyl (C=O) groups excluding carboxylic acids is 3. The number of rotatable bonds is 7. The molecule has 0 aliphatic carbocycles. The molecule has 0 unspecified atom stereocenters. The molecule has 3 amide bonds. The number of aromatic carboxylic acids is 1. The maximum Gasteiger partial charge on any atom is 0.337 e. The largest absolute Gasteiger partial charge is 0.478 e. The Hall–Kier alpha value is -5.24. The molecule has 0 aliphatic heterocycles. The Morgan fingerprint density at radius 1 is 0.500 bits per heavy atom. The molecule has 0 bridgehead atoms. The van der Waals surface area contributed by atoms with Crippen molar-refractivity contribution in [2.75, 3.05) is 16.0 Å². The number of amides is 3. The van der Waals surface area contributed by atoms with Crippen LogP contribution in [0.5, 0.6) is 0 Å². The Balaban J connectivity index is 1.68. The molecule has 0 heterocycles. The van der Waals surface area contributed by atoms with Gasteiger partial charge in [0.05, 0.1) is 11.3 Å². The van der Waals surface area contributed by atoms with E-state index in [1.54, 1.807) is 60.7 Å². The Labute approximate surface area is 206 Å². The van der Waals surface area contributed by atoms with E-state index in [1.165, 1.54) is 30.3 Å². The average molecular weight is 479 g/mol. The molecule has 178 valence electrons. The topological polar surface area (TPSA) is 125 Å². The first-order valence-corrected chi connectivity index (χ1v) is 10.9. The normalized spacial score (nSPS) is 10.2. The third-order valence-corrected chi connectivity index (χ3v) is 5.19. The van der Waals surface area contributed by atoms with Gasteiger partial charge < -0.3 is 21.1 Å². The van der Waals surface area contributed by atoms with Crippen molar-refractivity contribution >= 4 is 40.8 Å². The monoisotopic (exact) mass is 479 g/mol. The number of carbonyl (C=O) groups is 4. The van der Waals surface area contributed by atoms with Gasteiger partial charge in [0, 0.05) is 28.1 Å². The summed E-state index contributed by atoms with van der Waals surface area (Å²) < 4.78 is 0. The Bertz CT molecular complexity index is 1360. The van der Waals surface area contributed by atoms with Gasteiger partial charge >= 0.3 is 5.97 Å². The summed E-state index contributed by atoms with van der Waals surface area (Å²) in [6, 6.07) is 27.5. The van der Waals surface area contributed by atoms with Gasteiger partial charge in [0.15, 0.2) is 0 Å². The first-order valence-electron chi connectivity index (χ1n) is 10.9. The minimum Gasteiger partial charge on any atom is -0.478 e. The lowest BCUT2D eigenvalue weighted by molar-refractivity contribution is 0.0697. The smallest absolute Gasteiger partial charge is 0.337 e.